The first kappa shape index (κ1) is 19.0. The molecule has 0 bridgehead atoms. The Morgan fingerprint density at radius 3 is 2.69 bits per heavy atom. The molecular weight excluding hydrogens is 326 g/mol. The van der Waals surface area contributed by atoms with Gasteiger partial charge in [0, 0.05) is 37.1 Å². The third-order valence-electron chi connectivity index (χ3n) is 5.75. The number of benzene rings is 1. The van der Waals surface area contributed by atoms with Gasteiger partial charge in [-0.1, -0.05) is 26.0 Å². The van der Waals surface area contributed by atoms with Gasteiger partial charge < -0.3 is 19.7 Å². The second-order valence-electron chi connectivity index (χ2n) is 8.26. The highest BCUT2D eigenvalue weighted by atomic mass is 16.5. The maximum atomic E-state index is 5.66. The highest BCUT2D eigenvalue weighted by Gasteiger charge is 2.42. The molecule has 1 N–H and O–H groups in total. The van der Waals surface area contributed by atoms with Gasteiger partial charge in [0.15, 0.2) is 5.96 Å². The summed E-state index contributed by atoms with van der Waals surface area (Å²) in [6, 6.07) is 8.33. The standard InChI is InChI=1S/C21H33N3O2/c1-5-22-19(24-12-10-21(15-24)11-13-26-16-21)23-14-20(2,3)17-6-8-18(25-4)9-7-17/h6-9H,5,10-16H2,1-4H3,(H,22,23). The SMILES string of the molecule is CCNC(=NCC(C)(C)c1ccc(OC)cc1)N1CCC2(CCOC2)C1. The summed E-state index contributed by atoms with van der Waals surface area (Å²) in [5.74, 6) is 1.93. The normalized spacial score (nSPS) is 23.7. The second-order valence-corrected chi connectivity index (χ2v) is 8.26. The number of hydrogen-bond acceptors (Lipinski definition) is 3. The van der Waals surface area contributed by atoms with Gasteiger partial charge >= 0.3 is 0 Å². The average molecular weight is 360 g/mol. The molecule has 5 heteroatoms. The van der Waals surface area contributed by atoms with Crippen LogP contribution in [0.2, 0.25) is 0 Å². The Bertz CT molecular complexity index is 619. The van der Waals surface area contributed by atoms with Gasteiger partial charge in [0.25, 0.3) is 0 Å². The number of nitrogens with one attached hydrogen (secondary N) is 1. The molecular formula is C21H33N3O2. The maximum Gasteiger partial charge on any atom is 0.193 e. The van der Waals surface area contributed by atoms with E-state index in [0.717, 1.165) is 51.1 Å². The van der Waals surface area contributed by atoms with E-state index in [1.54, 1.807) is 7.11 Å². The lowest BCUT2D eigenvalue weighted by atomic mass is 9.85. The zero-order valence-corrected chi connectivity index (χ0v) is 16.7. The maximum absolute atomic E-state index is 5.66. The quantitative estimate of drug-likeness (QED) is 0.648. The summed E-state index contributed by atoms with van der Waals surface area (Å²) < 4.78 is 10.9. The summed E-state index contributed by atoms with van der Waals surface area (Å²) in [5, 5.41) is 3.49. The molecule has 2 saturated heterocycles. The minimum Gasteiger partial charge on any atom is -0.497 e. The summed E-state index contributed by atoms with van der Waals surface area (Å²) in [6.07, 6.45) is 2.39. The molecule has 2 heterocycles. The third kappa shape index (κ3) is 4.14. The van der Waals surface area contributed by atoms with Crippen LogP contribution >= 0.6 is 0 Å². The Balaban J connectivity index is 1.69. The number of rotatable bonds is 5. The van der Waals surface area contributed by atoms with Crippen molar-refractivity contribution in [2.24, 2.45) is 10.4 Å². The minimum absolute atomic E-state index is 0.0270. The molecule has 26 heavy (non-hydrogen) atoms. The monoisotopic (exact) mass is 359 g/mol. The van der Waals surface area contributed by atoms with Crippen molar-refractivity contribution in [1.82, 2.24) is 10.2 Å². The van der Waals surface area contributed by atoms with Gasteiger partial charge in [-0.2, -0.15) is 0 Å². The van der Waals surface area contributed by atoms with Crippen molar-refractivity contribution in [3.63, 3.8) is 0 Å². The van der Waals surface area contributed by atoms with Crippen LogP contribution in [0.3, 0.4) is 0 Å². The van der Waals surface area contributed by atoms with Crippen LogP contribution in [-0.2, 0) is 10.2 Å². The number of likely N-dealkylation sites (tertiary alicyclic amines) is 1. The van der Waals surface area contributed by atoms with Crippen molar-refractivity contribution in [3.05, 3.63) is 29.8 Å². The highest BCUT2D eigenvalue weighted by Crippen LogP contribution is 2.38. The van der Waals surface area contributed by atoms with E-state index in [1.807, 2.05) is 12.1 Å². The van der Waals surface area contributed by atoms with Crippen LogP contribution in [0.1, 0.15) is 39.2 Å². The fourth-order valence-electron chi connectivity index (χ4n) is 3.92. The van der Waals surface area contributed by atoms with Crippen LogP contribution < -0.4 is 10.1 Å². The van der Waals surface area contributed by atoms with E-state index in [0.29, 0.717) is 5.41 Å². The van der Waals surface area contributed by atoms with Gasteiger partial charge in [-0.05, 0) is 37.5 Å². The molecule has 0 aliphatic carbocycles. The predicted octanol–water partition coefficient (Wildman–Crippen LogP) is 3.05. The van der Waals surface area contributed by atoms with Crippen molar-refractivity contribution in [2.45, 2.75) is 39.0 Å². The first-order valence-electron chi connectivity index (χ1n) is 9.74. The largest absolute Gasteiger partial charge is 0.497 e. The van der Waals surface area contributed by atoms with E-state index in [-0.39, 0.29) is 5.41 Å². The predicted molar refractivity (Wildman–Crippen MR) is 106 cm³/mol. The molecule has 0 radical (unpaired) electrons. The average Bonchev–Trinajstić information content (AvgIpc) is 3.29. The summed E-state index contributed by atoms with van der Waals surface area (Å²) >= 11 is 0. The van der Waals surface area contributed by atoms with Gasteiger partial charge in [-0.3, -0.25) is 4.99 Å². The Morgan fingerprint density at radius 2 is 2.08 bits per heavy atom. The van der Waals surface area contributed by atoms with E-state index >= 15 is 0 Å². The zero-order chi connectivity index (χ0) is 18.6. The number of guanidine groups is 1. The summed E-state index contributed by atoms with van der Waals surface area (Å²) in [7, 11) is 1.70. The van der Waals surface area contributed by atoms with Gasteiger partial charge in [-0.25, -0.2) is 0 Å². The number of methoxy groups -OCH3 is 1. The molecule has 3 rings (SSSR count). The molecule has 2 aliphatic heterocycles. The minimum atomic E-state index is -0.0270. The molecule has 0 saturated carbocycles. The van der Waals surface area contributed by atoms with Gasteiger partial charge in [-0.15, -0.1) is 0 Å². The lowest BCUT2D eigenvalue weighted by Gasteiger charge is -2.27. The molecule has 1 aromatic carbocycles. The van der Waals surface area contributed by atoms with Gasteiger partial charge in [0.1, 0.15) is 5.75 Å². The number of ether oxygens (including phenoxy) is 2. The molecule has 1 unspecified atom stereocenters. The topological polar surface area (TPSA) is 46.1 Å². The zero-order valence-electron chi connectivity index (χ0n) is 16.7. The number of hydrogen-bond donors (Lipinski definition) is 1. The van der Waals surface area contributed by atoms with Gasteiger partial charge in [0.2, 0.25) is 0 Å². The van der Waals surface area contributed by atoms with E-state index < -0.39 is 0 Å². The van der Waals surface area contributed by atoms with Crippen molar-refractivity contribution < 1.29 is 9.47 Å². The van der Waals surface area contributed by atoms with Crippen LogP contribution in [0, 0.1) is 5.41 Å². The summed E-state index contributed by atoms with van der Waals surface area (Å²) in [6.45, 7) is 12.2. The first-order chi connectivity index (χ1) is 12.5. The molecule has 0 amide bonds. The molecule has 5 nitrogen and oxygen atoms in total. The molecule has 1 aromatic rings. The summed E-state index contributed by atoms with van der Waals surface area (Å²) in [5.41, 5.74) is 1.60. The van der Waals surface area contributed by atoms with Crippen LogP contribution in [0.25, 0.3) is 0 Å². The number of nitrogens with zero attached hydrogens (tertiary/aromatic N) is 2. The van der Waals surface area contributed by atoms with E-state index in [2.05, 4.69) is 43.1 Å². The van der Waals surface area contributed by atoms with Crippen LogP contribution in [0.5, 0.6) is 5.75 Å². The van der Waals surface area contributed by atoms with Gasteiger partial charge in [0.05, 0.1) is 20.3 Å². The van der Waals surface area contributed by atoms with Crippen molar-refractivity contribution in [1.29, 1.82) is 0 Å². The fourth-order valence-corrected chi connectivity index (χ4v) is 3.92. The van der Waals surface area contributed by atoms with Crippen molar-refractivity contribution in [3.8, 4) is 5.75 Å². The smallest absolute Gasteiger partial charge is 0.193 e. The molecule has 1 atom stereocenters. The third-order valence-corrected chi connectivity index (χ3v) is 5.75. The molecule has 2 fully saturated rings. The molecule has 2 aliphatic rings. The Hall–Kier alpha value is -1.75. The molecule has 0 aromatic heterocycles. The lowest BCUT2D eigenvalue weighted by Crippen LogP contribution is -2.42. The van der Waals surface area contributed by atoms with E-state index in [9.17, 15) is 0 Å². The van der Waals surface area contributed by atoms with Crippen LogP contribution in [0.15, 0.2) is 29.3 Å². The Kier molecular flexibility index (Phi) is 5.76. The van der Waals surface area contributed by atoms with Crippen molar-refractivity contribution >= 4 is 5.96 Å². The van der Waals surface area contributed by atoms with Crippen molar-refractivity contribution in [2.75, 3.05) is 46.5 Å². The first-order valence-corrected chi connectivity index (χ1v) is 9.74. The van der Waals surface area contributed by atoms with E-state index in [1.165, 1.54) is 18.4 Å². The summed E-state index contributed by atoms with van der Waals surface area (Å²) in [4.78, 5) is 7.42. The number of aliphatic imine (C=N–C) groups is 1. The Morgan fingerprint density at radius 1 is 1.31 bits per heavy atom. The fraction of sp³-hybridized carbons (Fsp3) is 0.667. The Labute approximate surface area is 157 Å². The highest BCUT2D eigenvalue weighted by molar-refractivity contribution is 5.80. The second kappa shape index (κ2) is 7.87. The van der Waals surface area contributed by atoms with Crippen LogP contribution in [-0.4, -0.2) is 57.4 Å². The lowest BCUT2D eigenvalue weighted by molar-refractivity contribution is 0.156. The molecule has 1 spiro atoms. The molecule has 144 valence electrons. The van der Waals surface area contributed by atoms with E-state index in [4.69, 9.17) is 14.5 Å². The van der Waals surface area contributed by atoms with Crippen LogP contribution in [0.4, 0.5) is 0 Å².